The maximum Gasteiger partial charge on any atom is 0.257 e. The molecule has 0 bridgehead atoms. The van der Waals surface area contributed by atoms with Crippen molar-refractivity contribution in [1.29, 1.82) is 0 Å². The number of hydrogen-bond donors (Lipinski definition) is 2. The molecule has 0 radical (unpaired) electrons. The number of carbonyl (C=O) groups excluding carboxylic acids is 2. The van der Waals surface area contributed by atoms with Crippen molar-refractivity contribution in [3.63, 3.8) is 0 Å². The Labute approximate surface area is 180 Å². The highest BCUT2D eigenvalue weighted by Gasteiger charge is 2.46. The molecule has 7 heteroatoms. The molecule has 4 rings (SSSR count). The van der Waals surface area contributed by atoms with Crippen LogP contribution in [0, 0.1) is 12.3 Å². The summed E-state index contributed by atoms with van der Waals surface area (Å²) in [5.41, 5.74) is 2.99. The summed E-state index contributed by atoms with van der Waals surface area (Å²) in [6, 6.07) is 12.6. The maximum atomic E-state index is 13.1. The third-order valence-corrected chi connectivity index (χ3v) is 6.74. The second-order valence-electron chi connectivity index (χ2n) is 7.88. The molecule has 2 N–H and O–H groups in total. The third kappa shape index (κ3) is 3.89. The Morgan fingerprint density at radius 1 is 1.27 bits per heavy atom. The molecule has 0 unspecified atom stereocenters. The van der Waals surface area contributed by atoms with Crippen molar-refractivity contribution >= 4 is 23.2 Å². The number of amides is 2. The molecule has 156 valence electrons. The van der Waals surface area contributed by atoms with Crippen LogP contribution in [0.25, 0.3) is 10.4 Å². The normalized spacial score (nSPS) is 18.5. The van der Waals surface area contributed by atoms with E-state index in [1.807, 2.05) is 19.9 Å². The molecule has 3 aromatic rings. The number of likely N-dealkylation sites (tertiary alicyclic amines) is 1. The number of carbonyl (C=O) groups is 2. The standard InChI is InChI=1S/C23H26N4O2S/c1-3-24-22(29)23(10-11-27(15-23)21(28)19-14-25-26-16(19)2)13-17-6-8-18(9-7-17)20-5-4-12-30-20/h4-9,12,14H,3,10-11,13,15H2,1-2H3,(H,24,29)(H,25,26)/t23-/m1/s1. The molecule has 2 aromatic heterocycles. The van der Waals surface area contributed by atoms with Crippen LogP contribution in [-0.4, -0.2) is 46.5 Å². The number of rotatable bonds is 6. The summed E-state index contributed by atoms with van der Waals surface area (Å²) < 4.78 is 0. The number of nitrogens with zero attached hydrogens (tertiary/aromatic N) is 2. The van der Waals surface area contributed by atoms with Gasteiger partial charge < -0.3 is 10.2 Å². The molecule has 0 spiro atoms. The van der Waals surface area contributed by atoms with E-state index in [1.54, 1.807) is 22.4 Å². The fourth-order valence-corrected chi connectivity index (χ4v) is 4.89. The largest absolute Gasteiger partial charge is 0.356 e. The van der Waals surface area contributed by atoms with Gasteiger partial charge in [-0.25, -0.2) is 0 Å². The van der Waals surface area contributed by atoms with E-state index < -0.39 is 5.41 Å². The Kier molecular flexibility index (Phi) is 5.72. The topological polar surface area (TPSA) is 78.1 Å². The monoisotopic (exact) mass is 422 g/mol. The minimum absolute atomic E-state index is 0.0200. The summed E-state index contributed by atoms with van der Waals surface area (Å²) in [4.78, 5) is 29.1. The average Bonchev–Trinajstić information content (AvgIpc) is 3.50. The lowest BCUT2D eigenvalue weighted by molar-refractivity contribution is -0.130. The predicted octanol–water partition coefficient (Wildman–Crippen LogP) is 3.66. The first kappa shape index (κ1) is 20.3. The third-order valence-electron chi connectivity index (χ3n) is 5.82. The smallest absolute Gasteiger partial charge is 0.257 e. The molecule has 1 saturated heterocycles. The van der Waals surface area contributed by atoms with E-state index in [-0.39, 0.29) is 11.8 Å². The lowest BCUT2D eigenvalue weighted by atomic mass is 9.79. The van der Waals surface area contributed by atoms with Crippen LogP contribution in [0.4, 0.5) is 0 Å². The van der Waals surface area contributed by atoms with Crippen molar-refractivity contribution in [2.24, 2.45) is 5.41 Å². The van der Waals surface area contributed by atoms with E-state index in [4.69, 9.17) is 0 Å². The van der Waals surface area contributed by atoms with Crippen molar-refractivity contribution in [2.75, 3.05) is 19.6 Å². The van der Waals surface area contributed by atoms with Crippen LogP contribution < -0.4 is 5.32 Å². The van der Waals surface area contributed by atoms with Crippen molar-refractivity contribution < 1.29 is 9.59 Å². The molecule has 6 nitrogen and oxygen atoms in total. The lowest BCUT2D eigenvalue weighted by Gasteiger charge is -2.28. The number of benzene rings is 1. The van der Waals surface area contributed by atoms with Gasteiger partial charge in [0, 0.05) is 30.2 Å². The molecule has 0 saturated carbocycles. The Morgan fingerprint density at radius 3 is 2.70 bits per heavy atom. The summed E-state index contributed by atoms with van der Waals surface area (Å²) in [6.45, 7) is 5.31. The predicted molar refractivity (Wildman–Crippen MR) is 118 cm³/mol. The Bertz CT molecular complexity index is 1030. The molecule has 30 heavy (non-hydrogen) atoms. The fraction of sp³-hybridized carbons (Fsp3) is 0.348. The van der Waals surface area contributed by atoms with Gasteiger partial charge in [-0.3, -0.25) is 14.7 Å². The van der Waals surface area contributed by atoms with Gasteiger partial charge in [-0.2, -0.15) is 5.10 Å². The van der Waals surface area contributed by atoms with Gasteiger partial charge in [0.15, 0.2) is 0 Å². The lowest BCUT2D eigenvalue weighted by Crippen LogP contribution is -2.45. The van der Waals surface area contributed by atoms with Gasteiger partial charge in [0.25, 0.3) is 5.91 Å². The average molecular weight is 423 g/mol. The van der Waals surface area contributed by atoms with Crippen LogP contribution in [0.5, 0.6) is 0 Å². The van der Waals surface area contributed by atoms with Gasteiger partial charge in [-0.15, -0.1) is 11.3 Å². The Hall–Kier alpha value is -2.93. The molecule has 1 atom stereocenters. The summed E-state index contributed by atoms with van der Waals surface area (Å²) in [6.07, 6.45) is 2.82. The van der Waals surface area contributed by atoms with Crippen LogP contribution in [0.2, 0.25) is 0 Å². The maximum absolute atomic E-state index is 13.1. The van der Waals surface area contributed by atoms with E-state index >= 15 is 0 Å². The minimum atomic E-state index is -0.617. The van der Waals surface area contributed by atoms with Crippen molar-refractivity contribution in [3.8, 4) is 10.4 Å². The highest BCUT2D eigenvalue weighted by atomic mass is 32.1. The summed E-state index contributed by atoms with van der Waals surface area (Å²) in [7, 11) is 0. The number of aryl methyl sites for hydroxylation is 1. The van der Waals surface area contributed by atoms with Gasteiger partial charge in [0.05, 0.1) is 17.2 Å². The number of H-pyrrole nitrogens is 1. The summed E-state index contributed by atoms with van der Waals surface area (Å²) in [5.74, 6) is -0.0491. The van der Waals surface area contributed by atoms with Gasteiger partial charge >= 0.3 is 0 Å². The van der Waals surface area contributed by atoms with Gasteiger partial charge in [-0.1, -0.05) is 30.3 Å². The van der Waals surface area contributed by atoms with Crippen LogP contribution in [0.1, 0.15) is 35.0 Å². The Balaban J connectivity index is 1.55. The second-order valence-corrected chi connectivity index (χ2v) is 8.82. The molecular weight excluding hydrogens is 396 g/mol. The van der Waals surface area contributed by atoms with E-state index in [1.165, 1.54) is 10.4 Å². The molecule has 0 aliphatic carbocycles. The first-order chi connectivity index (χ1) is 14.5. The molecular formula is C23H26N4O2S. The van der Waals surface area contributed by atoms with Gasteiger partial charge in [0.2, 0.25) is 5.91 Å². The SMILES string of the molecule is CCNC(=O)[C@@]1(Cc2ccc(-c3cccs3)cc2)CCN(C(=O)c2cn[nH]c2C)C1. The molecule has 1 aliphatic heterocycles. The van der Waals surface area contributed by atoms with Crippen LogP contribution in [0.15, 0.2) is 48.0 Å². The Morgan fingerprint density at radius 2 is 2.07 bits per heavy atom. The molecule has 1 fully saturated rings. The molecule has 1 aliphatic rings. The highest BCUT2D eigenvalue weighted by Crippen LogP contribution is 2.36. The number of nitrogens with one attached hydrogen (secondary N) is 2. The number of aromatic amines is 1. The number of hydrogen-bond acceptors (Lipinski definition) is 4. The van der Waals surface area contributed by atoms with Gasteiger partial charge in [-0.05, 0) is 49.3 Å². The van der Waals surface area contributed by atoms with Crippen LogP contribution >= 0.6 is 11.3 Å². The number of thiophene rings is 1. The molecule has 1 aromatic carbocycles. The highest BCUT2D eigenvalue weighted by molar-refractivity contribution is 7.13. The fourth-order valence-electron chi connectivity index (χ4n) is 4.16. The van der Waals surface area contributed by atoms with Gasteiger partial charge in [0.1, 0.15) is 0 Å². The quantitative estimate of drug-likeness (QED) is 0.636. The van der Waals surface area contributed by atoms with Crippen molar-refractivity contribution in [2.45, 2.75) is 26.7 Å². The first-order valence-corrected chi connectivity index (χ1v) is 11.1. The zero-order valence-corrected chi connectivity index (χ0v) is 18.1. The zero-order valence-electron chi connectivity index (χ0n) is 17.3. The number of aromatic nitrogens is 2. The van der Waals surface area contributed by atoms with Crippen LogP contribution in [0.3, 0.4) is 0 Å². The van der Waals surface area contributed by atoms with E-state index in [0.29, 0.717) is 38.0 Å². The van der Waals surface area contributed by atoms with Crippen molar-refractivity contribution in [1.82, 2.24) is 20.4 Å². The van der Waals surface area contributed by atoms with E-state index in [0.717, 1.165) is 11.3 Å². The van der Waals surface area contributed by atoms with Crippen molar-refractivity contribution in [3.05, 3.63) is 64.8 Å². The summed E-state index contributed by atoms with van der Waals surface area (Å²) >= 11 is 1.71. The summed E-state index contributed by atoms with van der Waals surface area (Å²) in [5, 5.41) is 11.8. The van der Waals surface area contributed by atoms with E-state index in [9.17, 15) is 9.59 Å². The minimum Gasteiger partial charge on any atom is -0.356 e. The van der Waals surface area contributed by atoms with Crippen LogP contribution in [-0.2, 0) is 11.2 Å². The van der Waals surface area contributed by atoms with E-state index in [2.05, 4.69) is 51.2 Å². The second kappa shape index (κ2) is 8.44. The molecule has 2 amide bonds. The zero-order chi connectivity index (χ0) is 21.1. The first-order valence-electron chi connectivity index (χ1n) is 10.2. The molecule has 3 heterocycles.